The number of esters is 1. The molecule has 1 aromatic rings. The lowest BCUT2D eigenvalue weighted by atomic mass is 9.75. The van der Waals surface area contributed by atoms with Gasteiger partial charge in [0.15, 0.2) is 0 Å². The second-order valence-corrected chi connectivity index (χ2v) is 4.54. The Hall–Kier alpha value is -1.06. The Labute approximate surface area is 107 Å². The predicted molar refractivity (Wildman–Crippen MR) is 69.1 cm³/mol. The standard InChI is InChI=1S/C13H18ClNO2/c1-3-13(9-15,8-12(16)17-2)10-5-4-6-11(14)7-10/h4-7H,3,8-9,15H2,1-2H3. The third-order valence-electron chi connectivity index (χ3n) is 3.21. The average molecular weight is 256 g/mol. The summed E-state index contributed by atoms with van der Waals surface area (Å²) in [5.74, 6) is -0.253. The number of carbonyl (C=O) groups is 1. The van der Waals surface area contributed by atoms with E-state index in [0.717, 1.165) is 12.0 Å². The first-order chi connectivity index (χ1) is 8.07. The quantitative estimate of drug-likeness (QED) is 0.823. The van der Waals surface area contributed by atoms with E-state index in [9.17, 15) is 4.79 Å². The molecule has 1 aromatic carbocycles. The fourth-order valence-electron chi connectivity index (χ4n) is 1.93. The number of nitrogens with two attached hydrogens (primary N) is 1. The van der Waals surface area contributed by atoms with Gasteiger partial charge in [0.2, 0.25) is 0 Å². The first kappa shape index (κ1) is 14.0. The van der Waals surface area contributed by atoms with Gasteiger partial charge in [-0.15, -0.1) is 0 Å². The van der Waals surface area contributed by atoms with Gasteiger partial charge < -0.3 is 10.5 Å². The zero-order valence-corrected chi connectivity index (χ0v) is 11.0. The Kier molecular flexibility index (Phi) is 4.97. The van der Waals surface area contributed by atoms with E-state index in [1.807, 2.05) is 25.1 Å². The molecule has 0 aliphatic heterocycles. The van der Waals surface area contributed by atoms with Crippen LogP contribution in [0.25, 0.3) is 0 Å². The van der Waals surface area contributed by atoms with Gasteiger partial charge in [-0.3, -0.25) is 4.79 Å². The SMILES string of the molecule is CCC(CN)(CC(=O)OC)c1cccc(Cl)c1. The smallest absolute Gasteiger partial charge is 0.306 e. The predicted octanol–water partition coefficient (Wildman–Crippen LogP) is 2.51. The van der Waals surface area contributed by atoms with Gasteiger partial charge in [-0.1, -0.05) is 30.7 Å². The van der Waals surface area contributed by atoms with Gasteiger partial charge >= 0.3 is 5.97 Å². The number of carbonyl (C=O) groups excluding carboxylic acids is 1. The Morgan fingerprint density at radius 3 is 2.71 bits per heavy atom. The molecule has 0 aromatic heterocycles. The fraction of sp³-hybridized carbons (Fsp3) is 0.462. The van der Waals surface area contributed by atoms with E-state index < -0.39 is 5.41 Å². The van der Waals surface area contributed by atoms with Gasteiger partial charge in [-0.05, 0) is 24.1 Å². The van der Waals surface area contributed by atoms with E-state index in [2.05, 4.69) is 0 Å². The number of ether oxygens (including phenoxy) is 1. The summed E-state index contributed by atoms with van der Waals surface area (Å²) in [7, 11) is 1.39. The van der Waals surface area contributed by atoms with Crippen molar-refractivity contribution in [1.82, 2.24) is 0 Å². The highest BCUT2D eigenvalue weighted by Crippen LogP contribution is 2.32. The van der Waals surface area contributed by atoms with Crippen molar-refractivity contribution < 1.29 is 9.53 Å². The Morgan fingerprint density at radius 2 is 2.24 bits per heavy atom. The van der Waals surface area contributed by atoms with E-state index in [1.54, 1.807) is 6.07 Å². The van der Waals surface area contributed by atoms with E-state index in [4.69, 9.17) is 22.1 Å². The number of halogens is 1. The molecular formula is C13H18ClNO2. The summed E-state index contributed by atoms with van der Waals surface area (Å²) < 4.78 is 4.73. The maximum atomic E-state index is 11.5. The average Bonchev–Trinajstić information content (AvgIpc) is 2.35. The van der Waals surface area contributed by atoms with Crippen molar-refractivity contribution in [3.8, 4) is 0 Å². The van der Waals surface area contributed by atoms with E-state index >= 15 is 0 Å². The third kappa shape index (κ3) is 3.20. The maximum Gasteiger partial charge on any atom is 0.306 e. The number of methoxy groups -OCH3 is 1. The van der Waals surface area contributed by atoms with Crippen molar-refractivity contribution in [1.29, 1.82) is 0 Å². The molecule has 3 nitrogen and oxygen atoms in total. The van der Waals surface area contributed by atoms with Crippen LogP contribution >= 0.6 is 11.6 Å². The highest BCUT2D eigenvalue weighted by atomic mass is 35.5. The van der Waals surface area contributed by atoms with Gasteiger partial charge in [0, 0.05) is 17.0 Å². The first-order valence-electron chi connectivity index (χ1n) is 5.61. The summed E-state index contributed by atoms with van der Waals surface area (Å²) in [6, 6.07) is 7.49. The summed E-state index contributed by atoms with van der Waals surface area (Å²) in [4.78, 5) is 11.5. The first-order valence-corrected chi connectivity index (χ1v) is 5.98. The van der Waals surface area contributed by atoms with E-state index in [1.165, 1.54) is 7.11 Å². The molecule has 0 aliphatic rings. The maximum absolute atomic E-state index is 11.5. The molecule has 0 aliphatic carbocycles. The van der Waals surface area contributed by atoms with Gasteiger partial charge in [0.1, 0.15) is 0 Å². The normalized spacial score (nSPS) is 14.1. The molecule has 0 saturated heterocycles. The van der Waals surface area contributed by atoms with Crippen molar-refractivity contribution in [2.45, 2.75) is 25.2 Å². The largest absolute Gasteiger partial charge is 0.469 e. The summed E-state index contributed by atoms with van der Waals surface area (Å²) in [5, 5.41) is 0.652. The van der Waals surface area contributed by atoms with Gasteiger partial charge in [-0.25, -0.2) is 0 Å². The monoisotopic (exact) mass is 255 g/mol. The van der Waals surface area contributed by atoms with E-state index in [0.29, 0.717) is 11.6 Å². The third-order valence-corrected chi connectivity index (χ3v) is 3.45. The minimum Gasteiger partial charge on any atom is -0.469 e. The minimum absolute atomic E-state index is 0.253. The lowest BCUT2D eigenvalue weighted by Gasteiger charge is -2.31. The number of hydrogen-bond acceptors (Lipinski definition) is 3. The summed E-state index contributed by atoms with van der Waals surface area (Å²) in [6.07, 6.45) is 1.04. The topological polar surface area (TPSA) is 52.3 Å². The van der Waals surface area contributed by atoms with Crippen LogP contribution in [0.3, 0.4) is 0 Å². The number of benzene rings is 1. The molecule has 1 unspecified atom stereocenters. The second-order valence-electron chi connectivity index (χ2n) is 4.10. The van der Waals surface area contributed by atoms with Crippen LogP contribution in [0.4, 0.5) is 0 Å². The lowest BCUT2D eigenvalue weighted by Crippen LogP contribution is -2.37. The molecule has 94 valence electrons. The fourth-order valence-corrected chi connectivity index (χ4v) is 2.12. The molecule has 0 fully saturated rings. The molecule has 1 atom stereocenters. The number of rotatable bonds is 5. The second kappa shape index (κ2) is 6.03. The Bertz CT molecular complexity index is 389. The lowest BCUT2D eigenvalue weighted by molar-refractivity contribution is -0.142. The highest BCUT2D eigenvalue weighted by molar-refractivity contribution is 6.30. The number of hydrogen-bond donors (Lipinski definition) is 1. The van der Waals surface area contributed by atoms with Crippen LogP contribution in [0, 0.1) is 0 Å². The molecule has 0 amide bonds. The van der Waals surface area contributed by atoms with Crippen molar-refractivity contribution in [2.24, 2.45) is 5.73 Å². The van der Waals surface area contributed by atoms with Crippen LogP contribution in [0.15, 0.2) is 24.3 Å². The van der Waals surface area contributed by atoms with Crippen molar-refractivity contribution in [3.05, 3.63) is 34.9 Å². The Morgan fingerprint density at radius 1 is 1.53 bits per heavy atom. The molecule has 17 heavy (non-hydrogen) atoms. The van der Waals surface area contributed by atoms with Crippen molar-refractivity contribution >= 4 is 17.6 Å². The molecule has 4 heteroatoms. The Balaban J connectivity index is 3.10. The molecule has 0 heterocycles. The van der Waals surface area contributed by atoms with Crippen LogP contribution in [0.1, 0.15) is 25.3 Å². The zero-order valence-electron chi connectivity index (χ0n) is 10.2. The van der Waals surface area contributed by atoms with Crippen LogP contribution in [-0.2, 0) is 14.9 Å². The van der Waals surface area contributed by atoms with Crippen LogP contribution in [0.2, 0.25) is 5.02 Å². The van der Waals surface area contributed by atoms with Crippen LogP contribution in [0.5, 0.6) is 0 Å². The molecule has 0 saturated carbocycles. The molecule has 1 rings (SSSR count). The summed E-state index contributed by atoms with van der Waals surface area (Å²) in [5.41, 5.74) is 6.45. The van der Waals surface area contributed by atoms with Crippen molar-refractivity contribution in [2.75, 3.05) is 13.7 Å². The van der Waals surface area contributed by atoms with Crippen LogP contribution in [-0.4, -0.2) is 19.6 Å². The van der Waals surface area contributed by atoms with Gasteiger partial charge in [-0.2, -0.15) is 0 Å². The molecule has 0 radical (unpaired) electrons. The highest BCUT2D eigenvalue weighted by Gasteiger charge is 2.32. The van der Waals surface area contributed by atoms with E-state index in [-0.39, 0.29) is 12.4 Å². The van der Waals surface area contributed by atoms with Crippen molar-refractivity contribution in [3.63, 3.8) is 0 Å². The molecule has 2 N–H and O–H groups in total. The van der Waals surface area contributed by atoms with Gasteiger partial charge in [0.25, 0.3) is 0 Å². The molecular weight excluding hydrogens is 238 g/mol. The van der Waals surface area contributed by atoms with Crippen LogP contribution < -0.4 is 5.73 Å². The molecule has 0 spiro atoms. The zero-order chi connectivity index (χ0) is 12.9. The molecule has 0 bridgehead atoms. The summed E-state index contributed by atoms with van der Waals surface area (Å²) >= 11 is 5.98. The minimum atomic E-state index is -0.391. The summed E-state index contributed by atoms with van der Waals surface area (Å²) in [6.45, 7) is 2.40. The van der Waals surface area contributed by atoms with Gasteiger partial charge in [0.05, 0.1) is 13.5 Å².